The number of rotatable bonds is 3. The van der Waals surface area contributed by atoms with Gasteiger partial charge in [0.15, 0.2) is 5.75 Å². The number of aryl methyl sites for hydroxylation is 1. The number of nitrogens with zero attached hydrogens (tertiary/aromatic N) is 1. The van der Waals surface area contributed by atoms with Crippen molar-refractivity contribution in [2.75, 3.05) is 42.9 Å². The maximum absolute atomic E-state index is 13.0. The average molecular weight is 373 g/mol. The van der Waals surface area contributed by atoms with Crippen LogP contribution < -0.4 is 20.3 Å². The Bertz CT molecular complexity index is 894. The van der Waals surface area contributed by atoms with Gasteiger partial charge in [-0.15, -0.1) is 0 Å². The smallest absolute Gasteiger partial charge is 0.220 e. The van der Waals surface area contributed by atoms with Crippen LogP contribution in [0.3, 0.4) is 0 Å². The summed E-state index contributed by atoms with van der Waals surface area (Å²) in [5.41, 5.74) is 2.00. The largest absolute Gasteiger partial charge is 0.468 e. The zero-order valence-electron chi connectivity index (χ0n) is 14.7. The quantitative estimate of drug-likeness (QED) is 0.858. The SMILES string of the molecule is Cc1cc2c(c(N3CCNCC3)c1)OC(S(=O)(=O)c1ccccc1)CN2. The van der Waals surface area contributed by atoms with E-state index in [0.717, 1.165) is 43.1 Å². The van der Waals surface area contributed by atoms with Crippen LogP contribution in [-0.4, -0.2) is 46.6 Å². The highest BCUT2D eigenvalue weighted by Crippen LogP contribution is 2.41. The summed E-state index contributed by atoms with van der Waals surface area (Å²) < 4.78 is 32.0. The lowest BCUT2D eigenvalue weighted by atomic mass is 10.1. The Kier molecular flexibility index (Phi) is 4.50. The highest BCUT2D eigenvalue weighted by Gasteiger charge is 2.34. The Hall–Kier alpha value is -2.25. The number of benzene rings is 2. The van der Waals surface area contributed by atoms with Crippen LogP contribution in [0.1, 0.15) is 5.56 Å². The third-order valence-corrected chi connectivity index (χ3v) is 6.68. The lowest BCUT2D eigenvalue weighted by Crippen LogP contribution is -2.44. The zero-order valence-corrected chi connectivity index (χ0v) is 15.6. The van der Waals surface area contributed by atoms with Gasteiger partial charge in [0.2, 0.25) is 15.3 Å². The second-order valence-electron chi connectivity index (χ2n) is 6.68. The van der Waals surface area contributed by atoms with E-state index in [-0.39, 0.29) is 11.4 Å². The van der Waals surface area contributed by atoms with Gasteiger partial charge in [0.05, 0.1) is 22.8 Å². The molecule has 2 aromatic rings. The molecule has 0 aliphatic carbocycles. The summed E-state index contributed by atoms with van der Waals surface area (Å²) in [4.78, 5) is 2.53. The van der Waals surface area contributed by atoms with Crippen LogP contribution in [0.25, 0.3) is 0 Å². The van der Waals surface area contributed by atoms with Crippen LogP contribution in [-0.2, 0) is 9.84 Å². The molecule has 2 heterocycles. The fourth-order valence-corrected chi connectivity index (χ4v) is 4.82. The fraction of sp³-hybridized carbons (Fsp3) is 0.368. The molecule has 2 N–H and O–H groups in total. The number of nitrogens with one attached hydrogen (secondary N) is 2. The van der Waals surface area contributed by atoms with Gasteiger partial charge in [0, 0.05) is 26.2 Å². The van der Waals surface area contributed by atoms with E-state index in [2.05, 4.69) is 21.6 Å². The monoisotopic (exact) mass is 373 g/mol. The van der Waals surface area contributed by atoms with Crippen molar-refractivity contribution in [1.82, 2.24) is 5.32 Å². The Balaban J connectivity index is 1.70. The molecule has 7 heteroatoms. The molecule has 26 heavy (non-hydrogen) atoms. The molecule has 2 aliphatic heterocycles. The van der Waals surface area contributed by atoms with Crippen molar-refractivity contribution in [2.24, 2.45) is 0 Å². The van der Waals surface area contributed by atoms with Gasteiger partial charge in [-0.3, -0.25) is 0 Å². The minimum Gasteiger partial charge on any atom is -0.468 e. The van der Waals surface area contributed by atoms with Gasteiger partial charge in [-0.25, -0.2) is 8.42 Å². The molecule has 6 nitrogen and oxygen atoms in total. The Morgan fingerprint density at radius 2 is 1.85 bits per heavy atom. The number of hydrogen-bond acceptors (Lipinski definition) is 6. The van der Waals surface area contributed by atoms with E-state index in [1.807, 2.05) is 13.0 Å². The van der Waals surface area contributed by atoms with E-state index in [9.17, 15) is 8.42 Å². The maximum Gasteiger partial charge on any atom is 0.220 e. The second kappa shape index (κ2) is 6.81. The minimum atomic E-state index is -3.58. The Morgan fingerprint density at radius 3 is 2.58 bits per heavy atom. The third kappa shape index (κ3) is 3.12. The van der Waals surface area contributed by atoms with Crippen molar-refractivity contribution >= 4 is 21.2 Å². The molecule has 1 fully saturated rings. The van der Waals surface area contributed by atoms with Gasteiger partial charge in [-0.05, 0) is 36.8 Å². The first-order chi connectivity index (χ1) is 12.6. The molecule has 1 unspecified atom stereocenters. The first-order valence-electron chi connectivity index (χ1n) is 8.85. The number of piperazine rings is 1. The molecule has 0 radical (unpaired) electrons. The first-order valence-corrected chi connectivity index (χ1v) is 10.4. The highest BCUT2D eigenvalue weighted by atomic mass is 32.2. The fourth-order valence-electron chi connectivity index (χ4n) is 3.45. The summed E-state index contributed by atoms with van der Waals surface area (Å²) in [5.74, 6) is 0.633. The summed E-state index contributed by atoms with van der Waals surface area (Å²) in [5, 5.41) is 6.60. The van der Waals surface area contributed by atoms with Gasteiger partial charge in [0.1, 0.15) is 0 Å². The molecule has 0 saturated carbocycles. The molecule has 0 spiro atoms. The van der Waals surface area contributed by atoms with Crippen molar-refractivity contribution in [3.63, 3.8) is 0 Å². The number of hydrogen-bond donors (Lipinski definition) is 2. The van der Waals surface area contributed by atoms with Crippen molar-refractivity contribution < 1.29 is 13.2 Å². The molecule has 2 aliphatic rings. The average Bonchev–Trinajstić information content (AvgIpc) is 2.68. The van der Waals surface area contributed by atoms with E-state index in [1.54, 1.807) is 30.3 Å². The summed E-state index contributed by atoms with van der Waals surface area (Å²) >= 11 is 0. The van der Waals surface area contributed by atoms with Crippen LogP contribution >= 0.6 is 0 Å². The van der Waals surface area contributed by atoms with Crippen LogP contribution in [0.5, 0.6) is 5.75 Å². The summed E-state index contributed by atoms with van der Waals surface area (Å²) in [7, 11) is -3.58. The normalized spacial score (nSPS) is 20.0. The molecular weight excluding hydrogens is 350 g/mol. The van der Waals surface area contributed by atoms with E-state index in [1.165, 1.54) is 0 Å². The van der Waals surface area contributed by atoms with Gasteiger partial charge in [-0.2, -0.15) is 0 Å². The molecular formula is C19H23N3O3S. The molecule has 2 aromatic carbocycles. The van der Waals surface area contributed by atoms with Crippen molar-refractivity contribution in [1.29, 1.82) is 0 Å². The Morgan fingerprint density at radius 1 is 1.12 bits per heavy atom. The second-order valence-corrected chi connectivity index (χ2v) is 8.77. The summed E-state index contributed by atoms with van der Waals surface area (Å²) in [6, 6.07) is 12.6. The molecule has 1 atom stereocenters. The Labute approximate surface area is 154 Å². The van der Waals surface area contributed by atoms with Gasteiger partial charge < -0.3 is 20.3 Å². The van der Waals surface area contributed by atoms with Crippen molar-refractivity contribution in [3.05, 3.63) is 48.0 Å². The first kappa shape index (κ1) is 17.2. The van der Waals surface area contributed by atoms with Gasteiger partial charge in [-0.1, -0.05) is 18.2 Å². The summed E-state index contributed by atoms with van der Waals surface area (Å²) in [6.45, 7) is 5.82. The number of ether oxygens (including phenoxy) is 1. The lowest BCUT2D eigenvalue weighted by Gasteiger charge is -2.35. The predicted octanol–water partition coefficient (Wildman–Crippen LogP) is 2.01. The van der Waals surface area contributed by atoms with Gasteiger partial charge >= 0.3 is 0 Å². The summed E-state index contributed by atoms with van der Waals surface area (Å²) in [6.07, 6.45) is 0. The zero-order chi connectivity index (χ0) is 18.1. The predicted molar refractivity (Wildman–Crippen MR) is 103 cm³/mol. The molecule has 4 rings (SSSR count). The highest BCUT2D eigenvalue weighted by molar-refractivity contribution is 7.92. The number of sulfone groups is 1. The number of fused-ring (bicyclic) bond motifs is 1. The third-order valence-electron chi connectivity index (χ3n) is 4.80. The maximum atomic E-state index is 13.0. The van der Waals surface area contributed by atoms with Crippen molar-refractivity contribution in [2.45, 2.75) is 17.3 Å². The standard InChI is InChI=1S/C19H23N3O3S/c1-14-11-16-19(17(12-14)22-9-7-20-8-10-22)25-18(13-21-16)26(23,24)15-5-3-2-4-6-15/h2-6,11-12,18,20-21H,7-10,13H2,1H3. The van der Waals surface area contributed by atoms with Crippen LogP contribution in [0.2, 0.25) is 0 Å². The molecule has 0 aromatic heterocycles. The molecule has 138 valence electrons. The van der Waals surface area contributed by atoms with Crippen LogP contribution in [0.15, 0.2) is 47.4 Å². The topological polar surface area (TPSA) is 70.7 Å². The van der Waals surface area contributed by atoms with Gasteiger partial charge in [0.25, 0.3) is 0 Å². The molecule has 1 saturated heterocycles. The van der Waals surface area contributed by atoms with E-state index in [0.29, 0.717) is 5.75 Å². The lowest BCUT2D eigenvalue weighted by molar-refractivity contribution is 0.276. The number of anilines is 2. The van der Waals surface area contributed by atoms with Crippen molar-refractivity contribution in [3.8, 4) is 5.75 Å². The van der Waals surface area contributed by atoms with Crippen LogP contribution in [0.4, 0.5) is 11.4 Å². The minimum absolute atomic E-state index is 0.231. The van der Waals surface area contributed by atoms with E-state index in [4.69, 9.17) is 4.74 Å². The van der Waals surface area contributed by atoms with E-state index < -0.39 is 15.3 Å². The van der Waals surface area contributed by atoms with E-state index >= 15 is 0 Å². The molecule has 0 bridgehead atoms. The molecule has 0 amide bonds. The van der Waals surface area contributed by atoms with Crippen LogP contribution in [0, 0.1) is 6.92 Å².